The van der Waals surface area contributed by atoms with Gasteiger partial charge in [0.1, 0.15) is 11.2 Å². The van der Waals surface area contributed by atoms with Crippen LogP contribution in [0.2, 0.25) is 0 Å². The number of carbonyl (C=O) groups excluding carboxylic acids is 1. The Balaban J connectivity index is 1.58. The standard InChI is InChI=1S/C20H19N5O2S/c1-11(2)17-7-15-18(22-10-23-19(15)28-17)25-24-9-13-8-21-16-6-12(20(26)27-3)4-5-14(13)16/h4-8,10-11,21H,9H2,1-3H3. The number of ether oxygens (including phenoxy) is 1. The van der Waals surface area contributed by atoms with Gasteiger partial charge in [0.05, 0.1) is 24.6 Å². The first-order chi connectivity index (χ1) is 13.6. The molecule has 0 aliphatic carbocycles. The number of nitrogens with zero attached hydrogens (tertiary/aromatic N) is 4. The minimum Gasteiger partial charge on any atom is -0.465 e. The molecule has 0 bridgehead atoms. The monoisotopic (exact) mass is 393 g/mol. The lowest BCUT2D eigenvalue weighted by molar-refractivity contribution is 0.0601. The quantitative estimate of drug-likeness (QED) is 0.364. The molecule has 28 heavy (non-hydrogen) atoms. The number of fused-ring (bicyclic) bond motifs is 2. The molecule has 0 radical (unpaired) electrons. The Bertz CT molecular complexity index is 1190. The molecular formula is C20H19N5O2S. The summed E-state index contributed by atoms with van der Waals surface area (Å²) in [6.07, 6.45) is 3.40. The van der Waals surface area contributed by atoms with Crippen LogP contribution < -0.4 is 0 Å². The van der Waals surface area contributed by atoms with E-state index < -0.39 is 0 Å². The number of azo groups is 1. The van der Waals surface area contributed by atoms with Crippen LogP contribution in [0.1, 0.15) is 40.6 Å². The van der Waals surface area contributed by atoms with Crippen LogP contribution in [0.4, 0.5) is 5.82 Å². The zero-order valence-corrected chi connectivity index (χ0v) is 16.6. The lowest BCUT2D eigenvalue weighted by atomic mass is 10.1. The molecule has 0 fully saturated rings. The molecule has 0 spiro atoms. The fraction of sp³-hybridized carbons (Fsp3) is 0.250. The average Bonchev–Trinajstić information content (AvgIpc) is 3.32. The summed E-state index contributed by atoms with van der Waals surface area (Å²) in [5.74, 6) is 0.660. The van der Waals surface area contributed by atoms with Crippen molar-refractivity contribution in [1.82, 2.24) is 15.0 Å². The molecule has 3 heterocycles. The first kappa shape index (κ1) is 18.2. The van der Waals surface area contributed by atoms with Crippen LogP contribution in [-0.4, -0.2) is 28.0 Å². The molecule has 0 amide bonds. The molecule has 3 aromatic heterocycles. The van der Waals surface area contributed by atoms with Crippen LogP contribution in [0.3, 0.4) is 0 Å². The summed E-state index contributed by atoms with van der Waals surface area (Å²) < 4.78 is 4.76. The van der Waals surface area contributed by atoms with Gasteiger partial charge in [0, 0.05) is 27.5 Å². The molecule has 0 aliphatic rings. The SMILES string of the molecule is COC(=O)c1ccc2c(CN=Nc3ncnc4sc(C(C)C)cc34)c[nH]c2c1. The van der Waals surface area contributed by atoms with Crippen molar-refractivity contribution >= 4 is 44.2 Å². The summed E-state index contributed by atoms with van der Waals surface area (Å²) in [6, 6.07) is 7.50. The van der Waals surface area contributed by atoms with Crippen molar-refractivity contribution in [3.8, 4) is 0 Å². The minimum atomic E-state index is -0.359. The van der Waals surface area contributed by atoms with Crippen molar-refractivity contribution in [2.24, 2.45) is 10.2 Å². The molecule has 142 valence electrons. The van der Waals surface area contributed by atoms with E-state index in [0.717, 1.165) is 26.7 Å². The molecular weight excluding hydrogens is 374 g/mol. The Kier molecular flexibility index (Phi) is 4.87. The van der Waals surface area contributed by atoms with Gasteiger partial charge in [-0.1, -0.05) is 19.9 Å². The molecule has 0 saturated carbocycles. The summed E-state index contributed by atoms with van der Waals surface area (Å²) >= 11 is 1.66. The zero-order valence-electron chi connectivity index (χ0n) is 15.8. The smallest absolute Gasteiger partial charge is 0.337 e. The topological polar surface area (TPSA) is 92.6 Å². The van der Waals surface area contributed by atoms with E-state index in [4.69, 9.17) is 4.74 Å². The third-order valence-corrected chi connectivity index (χ3v) is 5.84. The highest BCUT2D eigenvalue weighted by atomic mass is 32.1. The van der Waals surface area contributed by atoms with Crippen molar-refractivity contribution in [1.29, 1.82) is 0 Å². The number of thiophene rings is 1. The van der Waals surface area contributed by atoms with Crippen LogP contribution in [0.5, 0.6) is 0 Å². The van der Waals surface area contributed by atoms with Gasteiger partial charge < -0.3 is 9.72 Å². The van der Waals surface area contributed by atoms with Crippen molar-refractivity contribution in [2.45, 2.75) is 26.3 Å². The van der Waals surface area contributed by atoms with Crippen LogP contribution in [0, 0.1) is 0 Å². The van der Waals surface area contributed by atoms with Gasteiger partial charge in [-0.15, -0.1) is 16.5 Å². The van der Waals surface area contributed by atoms with E-state index in [0.29, 0.717) is 23.8 Å². The van der Waals surface area contributed by atoms with Gasteiger partial charge >= 0.3 is 5.97 Å². The molecule has 0 saturated heterocycles. The van der Waals surface area contributed by atoms with Gasteiger partial charge in [-0.25, -0.2) is 14.8 Å². The number of methoxy groups -OCH3 is 1. The summed E-state index contributed by atoms with van der Waals surface area (Å²) in [6.45, 7) is 4.72. The Hall–Kier alpha value is -3.13. The number of esters is 1. The van der Waals surface area contributed by atoms with Crippen molar-refractivity contribution < 1.29 is 9.53 Å². The van der Waals surface area contributed by atoms with Gasteiger partial charge in [-0.3, -0.25) is 0 Å². The van der Waals surface area contributed by atoms with Crippen LogP contribution in [0.15, 0.2) is 47.0 Å². The van der Waals surface area contributed by atoms with Crippen LogP contribution >= 0.6 is 11.3 Å². The Morgan fingerprint density at radius 2 is 2.11 bits per heavy atom. The average molecular weight is 393 g/mol. The van der Waals surface area contributed by atoms with Gasteiger partial charge in [-0.05, 0) is 24.1 Å². The number of H-pyrrole nitrogens is 1. The molecule has 8 heteroatoms. The van der Waals surface area contributed by atoms with Gasteiger partial charge in [0.25, 0.3) is 0 Å². The van der Waals surface area contributed by atoms with Crippen LogP contribution in [0.25, 0.3) is 21.1 Å². The highest BCUT2D eigenvalue weighted by Crippen LogP contribution is 2.33. The largest absolute Gasteiger partial charge is 0.465 e. The Labute approximate surface area is 165 Å². The van der Waals surface area contributed by atoms with Crippen molar-refractivity contribution in [3.05, 3.63) is 52.8 Å². The van der Waals surface area contributed by atoms with Crippen LogP contribution in [-0.2, 0) is 11.3 Å². The molecule has 0 aliphatic heterocycles. The number of benzene rings is 1. The zero-order chi connectivity index (χ0) is 19.7. The number of aromatic nitrogens is 3. The second-order valence-corrected chi connectivity index (χ2v) is 7.75. The van der Waals surface area contributed by atoms with E-state index in [9.17, 15) is 4.79 Å². The van der Waals surface area contributed by atoms with E-state index in [-0.39, 0.29) is 5.97 Å². The lowest BCUT2D eigenvalue weighted by Crippen LogP contribution is -2.00. The second-order valence-electron chi connectivity index (χ2n) is 6.68. The molecule has 1 N–H and O–H groups in total. The van der Waals surface area contributed by atoms with Gasteiger partial charge in [-0.2, -0.15) is 5.11 Å². The maximum Gasteiger partial charge on any atom is 0.337 e. The number of rotatable bonds is 5. The Morgan fingerprint density at radius 1 is 1.25 bits per heavy atom. The second kappa shape index (κ2) is 7.47. The van der Waals surface area contributed by atoms with Crippen molar-refractivity contribution in [2.75, 3.05) is 7.11 Å². The van der Waals surface area contributed by atoms with E-state index in [1.165, 1.54) is 18.3 Å². The minimum absolute atomic E-state index is 0.359. The van der Waals surface area contributed by atoms with Crippen molar-refractivity contribution in [3.63, 3.8) is 0 Å². The first-order valence-corrected chi connectivity index (χ1v) is 9.68. The molecule has 1 aromatic carbocycles. The molecule has 4 aromatic rings. The van der Waals surface area contributed by atoms with Gasteiger partial charge in [0.15, 0.2) is 5.82 Å². The molecule has 0 atom stereocenters. The summed E-state index contributed by atoms with van der Waals surface area (Å²) in [7, 11) is 1.37. The number of aromatic amines is 1. The normalized spacial score (nSPS) is 11.9. The number of hydrogen-bond donors (Lipinski definition) is 1. The maximum atomic E-state index is 11.7. The fourth-order valence-electron chi connectivity index (χ4n) is 2.97. The molecule has 4 rings (SSSR count). The van der Waals surface area contributed by atoms with E-state index in [2.05, 4.69) is 45.1 Å². The summed E-state index contributed by atoms with van der Waals surface area (Å²) in [5.41, 5.74) is 2.36. The third-order valence-electron chi connectivity index (χ3n) is 4.49. The van der Waals surface area contributed by atoms with Gasteiger partial charge in [0.2, 0.25) is 0 Å². The van der Waals surface area contributed by atoms with E-state index >= 15 is 0 Å². The number of hydrogen-bond acceptors (Lipinski definition) is 7. The lowest BCUT2D eigenvalue weighted by Gasteiger charge is -1.99. The summed E-state index contributed by atoms with van der Waals surface area (Å²) in [5, 5.41) is 10.6. The highest BCUT2D eigenvalue weighted by Gasteiger charge is 2.11. The molecule has 0 unspecified atom stereocenters. The summed E-state index contributed by atoms with van der Waals surface area (Å²) in [4.78, 5) is 25.6. The molecule has 7 nitrogen and oxygen atoms in total. The third kappa shape index (κ3) is 3.38. The van der Waals surface area contributed by atoms with E-state index in [1.54, 1.807) is 23.5 Å². The maximum absolute atomic E-state index is 11.7. The fourth-order valence-corrected chi connectivity index (χ4v) is 3.96. The first-order valence-electron chi connectivity index (χ1n) is 8.87. The predicted octanol–water partition coefficient (Wildman–Crippen LogP) is 5.37. The Morgan fingerprint density at radius 3 is 2.89 bits per heavy atom. The highest BCUT2D eigenvalue weighted by molar-refractivity contribution is 7.18. The number of carbonyl (C=O) groups is 1. The van der Waals surface area contributed by atoms with E-state index in [1.807, 2.05) is 12.3 Å². The predicted molar refractivity (Wildman–Crippen MR) is 109 cm³/mol. The number of nitrogens with one attached hydrogen (secondary N) is 1.